The van der Waals surface area contributed by atoms with Crippen LogP contribution in [0.25, 0.3) is 0 Å². The number of amidine groups is 1. The molecule has 3 unspecified atom stereocenters. The van der Waals surface area contributed by atoms with Crippen LogP contribution in [0.3, 0.4) is 0 Å². The normalized spacial score (nSPS) is 29.3. The maximum Gasteiger partial charge on any atom is 0.400 e. The molecule has 1 rings (SSSR count). The largest absolute Gasteiger partial charge is 0.409 e. The lowest BCUT2D eigenvalue weighted by molar-refractivity contribution is -0.161. The topological polar surface area (TPSA) is 61.8 Å². The molecule has 1 aliphatic heterocycles. The number of alkyl halides is 3. The Kier molecular flexibility index (Phi) is 4.84. The van der Waals surface area contributed by atoms with Gasteiger partial charge in [-0.1, -0.05) is 19.0 Å². The number of piperidine rings is 1. The smallest absolute Gasteiger partial charge is 0.400 e. The second kappa shape index (κ2) is 5.77. The minimum absolute atomic E-state index is 0.242. The van der Waals surface area contributed by atoms with Gasteiger partial charge in [0.2, 0.25) is 0 Å². The van der Waals surface area contributed by atoms with Gasteiger partial charge in [0, 0.05) is 19.6 Å². The Morgan fingerprint density at radius 1 is 1.39 bits per heavy atom. The summed E-state index contributed by atoms with van der Waals surface area (Å²) in [5.74, 6) is -1.93. The molecule has 1 saturated heterocycles. The van der Waals surface area contributed by atoms with Gasteiger partial charge >= 0.3 is 6.18 Å². The molecule has 0 aromatic heterocycles. The van der Waals surface area contributed by atoms with Crippen LogP contribution in [-0.2, 0) is 0 Å². The van der Waals surface area contributed by atoms with Crippen LogP contribution in [-0.4, -0.2) is 41.8 Å². The number of nitrogens with two attached hydrogens (primary N) is 1. The molecule has 0 bridgehead atoms. The first kappa shape index (κ1) is 15.1. The van der Waals surface area contributed by atoms with Gasteiger partial charge in [-0.2, -0.15) is 13.2 Å². The fourth-order valence-corrected chi connectivity index (χ4v) is 2.63. The van der Waals surface area contributed by atoms with E-state index in [4.69, 9.17) is 10.9 Å². The van der Waals surface area contributed by atoms with Crippen molar-refractivity contribution in [2.45, 2.75) is 26.4 Å². The highest BCUT2D eigenvalue weighted by molar-refractivity contribution is 5.83. The lowest BCUT2D eigenvalue weighted by atomic mass is 9.91. The van der Waals surface area contributed by atoms with Crippen LogP contribution in [0.5, 0.6) is 0 Å². The molecule has 18 heavy (non-hydrogen) atoms. The Morgan fingerprint density at radius 3 is 2.28 bits per heavy atom. The van der Waals surface area contributed by atoms with Crippen LogP contribution in [0.1, 0.15) is 20.3 Å². The minimum atomic E-state index is -4.49. The van der Waals surface area contributed by atoms with Gasteiger partial charge in [-0.25, -0.2) is 0 Å². The third kappa shape index (κ3) is 4.04. The van der Waals surface area contributed by atoms with E-state index in [2.05, 4.69) is 5.16 Å². The molecular formula is C11H20F3N3O. The van der Waals surface area contributed by atoms with Crippen molar-refractivity contribution in [3.63, 3.8) is 0 Å². The minimum Gasteiger partial charge on any atom is -0.409 e. The number of halogens is 3. The first-order valence-electron chi connectivity index (χ1n) is 6.00. The molecule has 0 aromatic rings. The van der Waals surface area contributed by atoms with E-state index >= 15 is 0 Å². The van der Waals surface area contributed by atoms with Crippen LogP contribution >= 0.6 is 0 Å². The van der Waals surface area contributed by atoms with Gasteiger partial charge in [0.25, 0.3) is 0 Å². The lowest BCUT2D eigenvalue weighted by Gasteiger charge is -2.37. The molecule has 106 valence electrons. The Bertz CT molecular complexity index is 296. The lowest BCUT2D eigenvalue weighted by Crippen LogP contribution is -2.48. The van der Waals surface area contributed by atoms with Crippen molar-refractivity contribution in [2.24, 2.45) is 28.6 Å². The molecule has 0 aromatic carbocycles. The summed E-state index contributed by atoms with van der Waals surface area (Å²) in [4.78, 5) is 1.75. The van der Waals surface area contributed by atoms with Gasteiger partial charge in [-0.05, 0) is 18.3 Å². The molecule has 3 N–H and O–H groups in total. The number of oxime groups is 1. The number of nitrogens with zero attached hydrogens (tertiary/aromatic N) is 2. The molecule has 1 fully saturated rings. The third-order valence-electron chi connectivity index (χ3n) is 3.25. The van der Waals surface area contributed by atoms with Crippen molar-refractivity contribution in [3.8, 4) is 0 Å². The maximum atomic E-state index is 12.8. The Balaban J connectivity index is 2.72. The van der Waals surface area contributed by atoms with Crippen molar-refractivity contribution >= 4 is 5.84 Å². The first-order valence-corrected chi connectivity index (χ1v) is 6.00. The van der Waals surface area contributed by atoms with Crippen molar-refractivity contribution in [3.05, 3.63) is 0 Å². The Morgan fingerprint density at radius 2 is 1.89 bits per heavy atom. The number of hydrogen-bond acceptors (Lipinski definition) is 3. The van der Waals surface area contributed by atoms with Gasteiger partial charge in [0.15, 0.2) is 5.84 Å². The van der Waals surface area contributed by atoms with E-state index in [1.54, 1.807) is 4.90 Å². The van der Waals surface area contributed by atoms with Crippen LogP contribution in [0, 0.1) is 17.8 Å². The van der Waals surface area contributed by atoms with Crippen LogP contribution in [0.4, 0.5) is 13.2 Å². The van der Waals surface area contributed by atoms with Crippen LogP contribution < -0.4 is 5.73 Å². The molecule has 3 atom stereocenters. The van der Waals surface area contributed by atoms with E-state index in [0.717, 1.165) is 6.42 Å². The van der Waals surface area contributed by atoms with Crippen LogP contribution in [0.2, 0.25) is 0 Å². The molecule has 0 saturated carbocycles. The fourth-order valence-electron chi connectivity index (χ4n) is 2.63. The van der Waals surface area contributed by atoms with E-state index < -0.39 is 17.9 Å². The molecule has 0 amide bonds. The molecule has 4 nitrogen and oxygen atoms in total. The highest BCUT2D eigenvalue weighted by Crippen LogP contribution is 2.29. The second-order valence-electron chi connectivity index (χ2n) is 5.28. The number of likely N-dealkylation sites (tertiary alicyclic amines) is 1. The highest BCUT2D eigenvalue weighted by Gasteiger charge is 2.44. The molecular weight excluding hydrogens is 247 g/mol. The summed E-state index contributed by atoms with van der Waals surface area (Å²) in [5, 5.41) is 11.0. The summed E-state index contributed by atoms with van der Waals surface area (Å²) in [7, 11) is 0. The van der Waals surface area contributed by atoms with E-state index in [1.807, 2.05) is 13.8 Å². The van der Waals surface area contributed by atoms with Crippen molar-refractivity contribution < 1.29 is 18.4 Å². The van der Waals surface area contributed by atoms with Crippen molar-refractivity contribution in [2.75, 3.05) is 19.6 Å². The second-order valence-corrected chi connectivity index (χ2v) is 5.28. The number of rotatable bonds is 3. The maximum absolute atomic E-state index is 12.8. The van der Waals surface area contributed by atoms with Gasteiger partial charge in [0.05, 0.1) is 0 Å². The summed E-state index contributed by atoms with van der Waals surface area (Å²) in [5.41, 5.74) is 5.14. The van der Waals surface area contributed by atoms with Crippen molar-refractivity contribution in [1.82, 2.24) is 4.90 Å². The zero-order valence-electron chi connectivity index (χ0n) is 10.6. The summed E-state index contributed by atoms with van der Waals surface area (Å²) < 4.78 is 38.4. The monoisotopic (exact) mass is 267 g/mol. The van der Waals surface area contributed by atoms with E-state index in [9.17, 15) is 13.2 Å². The Hall–Kier alpha value is -0.980. The molecule has 1 aliphatic rings. The van der Waals surface area contributed by atoms with E-state index in [1.165, 1.54) is 0 Å². The standard InChI is InChI=1S/C11H20F3N3O/c1-7-3-8(2)5-17(4-7)6-9(10(15)16-18)11(12,13)14/h7-9,18H,3-6H2,1-2H3,(H2,15,16). The van der Waals surface area contributed by atoms with Gasteiger partial charge in [0.1, 0.15) is 5.92 Å². The van der Waals surface area contributed by atoms with Gasteiger partial charge in [-0.15, -0.1) is 0 Å². The number of hydrogen-bond donors (Lipinski definition) is 2. The van der Waals surface area contributed by atoms with Gasteiger partial charge < -0.3 is 15.8 Å². The average Bonchev–Trinajstić information content (AvgIpc) is 2.22. The van der Waals surface area contributed by atoms with Crippen LogP contribution in [0.15, 0.2) is 5.16 Å². The summed E-state index contributed by atoms with van der Waals surface area (Å²) in [6.07, 6.45) is -3.46. The van der Waals surface area contributed by atoms with Crippen molar-refractivity contribution in [1.29, 1.82) is 0 Å². The fraction of sp³-hybridized carbons (Fsp3) is 0.909. The third-order valence-corrected chi connectivity index (χ3v) is 3.25. The summed E-state index contributed by atoms with van der Waals surface area (Å²) in [6.45, 7) is 5.04. The molecule has 0 spiro atoms. The molecule has 7 heteroatoms. The highest BCUT2D eigenvalue weighted by atomic mass is 19.4. The summed E-state index contributed by atoms with van der Waals surface area (Å²) >= 11 is 0. The van der Waals surface area contributed by atoms with Gasteiger partial charge in [-0.3, -0.25) is 0 Å². The zero-order chi connectivity index (χ0) is 13.9. The summed E-state index contributed by atoms with van der Waals surface area (Å²) in [6, 6.07) is 0. The average molecular weight is 267 g/mol. The molecule has 1 heterocycles. The quantitative estimate of drug-likeness (QED) is 0.355. The molecule has 0 aliphatic carbocycles. The predicted octanol–water partition coefficient (Wildman–Crippen LogP) is 1.89. The SMILES string of the molecule is CC1CC(C)CN(CC(C(N)=NO)C(F)(F)F)C1. The Labute approximate surface area is 105 Å². The van der Waals surface area contributed by atoms with E-state index in [-0.39, 0.29) is 6.54 Å². The first-order chi connectivity index (χ1) is 8.24. The molecule has 0 radical (unpaired) electrons. The zero-order valence-corrected chi connectivity index (χ0v) is 10.6. The predicted molar refractivity (Wildman–Crippen MR) is 62.3 cm³/mol. The van der Waals surface area contributed by atoms with E-state index in [0.29, 0.717) is 24.9 Å².